The molecule has 1 heterocycles. The number of carbonyl (C=O) groups is 1. The third-order valence-corrected chi connectivity index (χ3v) is 5.70. The van der Waals surface area contributed by atoms with Crippen LogP contribution in [0.4, 0.5) is 13.2 Å². The second kappa shape index (κ2) is 8.05. The van der Waals surface area contributed by atoms with Crippen molar-refractivity contribution in [2.45, 2.75) is 17.7 Å². The first kappa shape index (κ1) is 20.8. The molecule has 0 spiro atoms. The molecule has 142 valence electrons. The van der Waals surface area contributed by atoms with Gasteiger partial charge in [0, 0.05) is 11.5 Å². The van der Waals surface area contributed by atoms with E-state index in [-0.39, 0.29) is 16.6 Å². The maximum Gasteiger partial charge on any atom is 0.416 e. The van der Waals surface area contributed by atoms with E-state index in [2.05, 4.69) is 9.59 Å². The highest BCUT2D eigenvalue weighted by molar-refractivity contribution is 7.89. The molecule has 1 aromatic heterocycles. The standard InChI is InChI=1S/C12H8Cl2F3N3O4S2/c13-7-2-1-6(12(15,16)17)3-9(7)26(22,23)18-4-10(21)24-5-8-11(14)25-20-19-8/h1-3,18H,4-5H2. The lowest BCUT2D eigenvalue weighted by Crippen LogP contribution is -2.31. The van der Waals surface area contributed by atoms with Gasteiger partial charge in [-0.05, 0) is 18.2 Å². The molecule has 1 N–H and O–H groups in total. The molecular formula is C12H8Cl2F3N3O4S2. The van der Waals surface area contributed by atoms with Gasteiger partial charge in [0.05, 0.1) is 10.6 Å². The lowest BCUT2D eigenvalue weighted by Gasteiger charge is -2.11. The number of aromatic nitrogens is 2. The molecule has 2 aromatic rings. The van der Waals surface area contributed by atoms with Crippen LogP contribution in [0.2, 0.25) is 9.36 Å². The van der Waals surface area contributed by atoms with Crippen molar-refractivity contribution in [3.63, 3.8) is 0 Å². The Morgan fingerprint density at radius 2 is 2.00 bits per heavy atom. The van der Waals surface area contributed by atoms with Gasteiger partial charge >= 0.3 is 12.1 Å². The minimum atomic E-state index is -4.76. The zero-order valence-electron chi connectivity index (χ0n) is 12.4. The number of benzene rings is 1. The topological polar surface area (TPSA) is 98.2 Å². The van der Waals surface area contributed by atoms with E-state index in [4.69, 9.17) is 27.9 Å². The van der Waals surface area contributed by atoms with Gasteiger partial charge in [-0.15, -0.1) is 5.10 Å². The first-order chi connectivity index (χ1) is 12.0. The van der Waals surface area contributed by atoms with Gasteiger partial charge in [0.15, 0.2) is 0 Å². The predicted octanol–water partition coefficient (Wildman–Crippen LogP) is 2.89. The molecule has 0 radical (unpaired) electrons. The van der Waals surface area contributed by atoms with Crippen LogP contribution in [0.5, 0.6) is 0 Å². The number of carbonyl (C=O) groups excluding carboxylic acids is 1. The van der Waals surface area contributed by atoms with E-state index < -0.39 is 44.2 Å². The van der Waals surface area contributed by atoms with E-state index in [1.54, 1.807) is 0 Å². The summed E-state index contributed by atoms with van der Waals surface area (Å²) in [4.78, 5) is 10.8. The van der Waals surface area contributed by atoms with Crippen LogP contribution in [-0.4, -0.2) is 30.5 Å². The number of rotatable bonds is 6. The summed E-state index contributed by atoms with van der Waals surface area (Å²) in [6.45, 7) is -1.16. The first-order valence-corrected chi connectivity index (χ1v) is 9.50. The molecule has 0 aliphatic heterocycles. The summed E-state index contributed by atoms with van der Waals surface area (Å²) in [6, 6.07) is 1.81. The van der Waals surface area contributed by atoms with Crippen molar-refractivity contribution < 1.29 is 31.1 Å². The molecule has 0 saturated heterocycles. The number of nitrogens with one attached hydrogen (secondary N) is 1. The van der Waals surface area contributed by atoms with Crippen LogP contribution in [0.15, 0.2) is 23.1 Å². The van der Waals surface area contributed by atoms with Crippen molar-refractivity contribution in [3.05, 3.63) is 38.8 Å². The summed E-state index contributed by atoms with van der Waals surface area (Å²) in [6.07, 6.45) is -4.76. The lowest BCUT2D eigenvalue weighted by molar-refractivity contribution is -0.143. The predicted molar refractivity (Wildman–Crippen MR) is 86.4 cm³/mol. The molecule has 2 rings (SSSR count). The number of halogens is 5. The summed E-state index contributed by atoms with van der Waals surface area (Å²) in [5.41, 5.74) is -1.01. The Balaban J connectivity index is 2.04. The third kappa shape index (κ3) is 5.27. The summed E-state index contributed by atoms with van der Waals surface area (Å²) in [7, 11) is -4.48. The van der Waals surface area contributed by atoms with Gasteiger partial charge in [0.1, 0.15) is 28.1 Å². The molecule has 0 bridgehead atoms. The van der Waals surface area contributed by atoms with Crippen LogP contribution in [0, 0.1) is 0 Å². The van der Waals surface area contributed by atoms with Gasteiger partial charge in [0.2, 0.25) is 10.0 Å². The van der Waals surface area contributed by atoms with E-state index in [1.165, 1.54) is 0 Å². The van der Waals surface area contributed by atoms with Gasteiger partial charge in [-0.2, -0.15) is 17.9 Å². The largest absolute Gasteiger partial charge is 0.458 e. The molecular weight excluding hydrogens is 442 g/mol. The zero-order chi connectivity index (χ0) is 19.5. The van der Waals surface area contributed by atoms with Crippen LogP contribution in [-0.2, 0) is 32.3 Å². The molecule has 0 unspecified atom stereocenters. The highest BCUT2D eigenvalue weighted by Crippen LogP contribution is 2.33. The fourth-order valence-electron chi connectivity index (χ4n) is 1.60. The molecule has 0 saturated carbocycles. The van der Waals surface area contributed by atoms with Crippen molar-refractivity contribution in [2.75, 3.05) is 6.54 Å². The Bertz CT molecular complexity index is 919. The Labute approximate surface area is 159 Å². The van der Waals surface area contributed by atoms with Crippen molar-refractivity contribution in [2.24, 2.45) is 0 Å². The zero-order valence-corrected chi connectivity index (χ0v) is 15.5. The molecule has 14 heteroatoms. The fourth-order valence-corrected chi connectivity index (χ4v) is 3.69. The summed E-state index contributed by atoms with van der Waals surface area (Å²) < 4.78 is 72.7. The van der Waals surface area contributed by atoms with Crippen molar-refractivity contribution in [1.29, 1.82) is 0 Å². The quantitative estimate of drug-likeness (QED) is 0.680. The van der Waals surface area contributed by atoms with Gasteiger partial charge in [0.25, 0.3) is 0 Å². The second-order valence-electron chi connectivity index (χ2n) is 4.62. The minimum absolute atomic E-state index is 0.189. The summed E-state index contributed by atoms with van der Waals surface area (Å²) in [5, 5.41) is 3.15. The van der Waals surface area contributed by atoms with Crippen molar-refractivity contribution in [1.82, 2.24) is 14.3 Å². The molecule has 0 aliphatic rings. The Hall–Kier alpha value is -1.47. The van der Waals surface area contributed by atoms with Gasteiger partial charge in [-0.1, -0.05) is 27.7 Å². The molecule has 1 aromatic carbocycles. The number of ether oxygens (including phenoxy) is 1. The van der Waals surface area contributed by atoms with Crippen LogP contribution in [0.25, 0.3) is 0 Å². The van der Waals surface area contributed by atoms with Crippen molar-refractivity contribution >= 4 is 50.7 Å². The SMILES string of the molecule is O=C(CNS(=O)(=O)c1cc(C(F)(F)F)ccc1Cl)OCc1nnsc1Cl. The Morgan fingerprint density at radius 3 is 2.58 bits per heavy atom. The van der Waals surface area contributed by atoms with E-state index >= 15 is 0 Å². The number of esters is 1. The molecule has 0 atom stereocenters. The minimum Gasteiger partial charge on any atom is -0.458 e. The van der Waals surface area contributed by atoms with Gasteiger partial charge in [-0.3, -0.25) is 4.79 Å². The average Bonchev–Trinajstić information content (AvgIpc) is 2.95. The maximum atomic E-state index is 12.7. The van der Waals surface area contributed by atoms with Crippen LogP contribution >= 0.6 is 34.7 Å². The smallest absolute Gasteiger partial charge is 0.416 e. The first-order valence-electron chi connectivity index (χ1n) is 6.49. The van der Waals surface area contributed by atoms with E-state index in [0.717, 1.165) is 17.6 Å². The number of alkyl halides is 3. The van der Waals surface area contributed by atoms with Crippen LogP contribution < -0.4 is 4.72 Å². The highest BCUT2D eigenvalue weighted by atomic mass is 35.5. The van der Waals surface area contributed by atoms with Crippen LogP contribution in [0.3, 0.4) is 0 Å². The fraction of sp³-hybridized carbons (Fsp3) is 0.250. The molecule has 0 amide bonds. The van der Waals surface area contributed by atoms with Crippen LogP contribution in [0.1, 0.15) is 11.3 Å². The normalized spacial score (nSPS) is 12.2. The van der Waals surface area contributed by atoms with Gasteiger partial charge in [-0.25, -0.2) is 8.42 Å². The summed E-state index contributed by atoms with van der Waals surface area (Å²) >= 11 is 12.2. The average molecular weight is 450 g/mol. The third-order valence-electron chi connectivity index (χ3n) is 2.83. The van der Waals surface area contributed by atoms with E-state index in [0.29, 0.717) is 12.1 Å². The maximum absolute atomic E-state index is 12.7. The monoisotopic (exact) mass is 449 g/mol. The molecule has 0 fully saturated rings. The molecule has 26 heavy (non-hydrogen) atoms. The Morgan fingerprint density at radius 1 is 1.31 bits per heavy atom. The van der Waals surface area contributed by atoms with E-state index in [9.17, 15) is 26.4 Å². The number of sulfonamides is 1. The van der Waals surface area contributed by atoms with Gasteiger partial charge < -0.3 is 4.74 Å². The highest BCUT2D eigenvalue weighted by Gasteiger charge is 2.32. The number of hydrogen-bond donors (Lipinski definition) is 1. The second-order valence-corrected chi connectivity index (χ2v) is 8.12. The lowest BCUT2D eigenvalue weighted by atomic mass is 10.2. The molecule has 0 aliphatic carbocycles. The number of nitrogens with zero attached hydrogens (tertiary/aromatic N) is 2. The molecule has 7 nitrogen and oxygen atoms in total. The summed E-state index contributed by atoms with van der Waals surface area (Å²) in [5.74, 6) is -0.999. The van der Waals surface area contributed by atoms with E-state index in [1.807, 2.05) is 4.72 Å². The van der Waals surface area contributed by atoms with Crippen molar-refractivity contribution in [3.8, 4) is 0 Å². The Kier molecular flexibility index (Phi) is 6.45. The number of hydrogen-bond acceptors (Lipinski definition) is 7.